The first kappa shape index (κ1) is 13.8. The van der Waals surface area contributed by atoms with Crippen LogP contribution >= 0.6 is 15.9 Å². The van der Waals surface area contributed by atoms with Crippen molar-refractivity contribution in [2.45, 2.75) is 30.6 Å². The monoisotopic (exact) mass is 332 g/mol. The van der Waals surface area contributed by atoms with Crippen LogP contribution in [0.5, 0.6) is 0 Å². The third-order valence-electron chi connectivity index (χ3n) is 3.31. The minimum absolute atomic E-state index is 0.223. The van der Waals surface area contributed by atoms with Gasteiger partial charge in [0.25, 0.3) is 0 Å². The Morgan fingerprint density at radius 3 is 2.61 bits per heavy atom. The number of halogens is 1. The maximum absolute atomic E-state index is 12.1. The van der Waals surface area contributed by atoms with E-state index in [1.54, 1.807) is 12.1 Å². The van der Waals surface area contributed by atoms with Crippen molar-refractivity contribution in [2.24, 2.45) is 5.92 Å². The van der Waals surface area contributed by atoms with E-state index < -0.39 is 10.0 Å². The highest BCUT2D eigenvalue weighted by molar-refractivity contribution is 9.10. The van der Waals surface area contributed by atoms with Gasteiger partial charge in [0.1, 0.15) is 0 Å². The zero-order valence-electron chi connectivity index (χ0n) is 10.0. The highest BCUT2D eigenvalue weighted by Crippen LogP contribution is 2.25. The van der Waals surface area contributed by atoms with E-state index in [9.17, 15) is 8.42 Å². The van der Waals surface area contributed by atoms with Gasteiger partial charge in [-0.1, -0.05) is 12.8 Å². The lowest BCUT2D eigenvalue weighted by Crippen LogP contribution is -2.28. The summed E-state index contributed by atoms with van der Waals surface area (Å²) in [4.78, 5) is 0.223. The molecule has 6 heteroatoms. The molecule has 0 amide bonds. The number of nitrogens with one attached hydrogen (secondary N) is 1. The topological polar surface area (TPSA) is 72.2 Å². The van der Waals surface area contributed by atoms with Crippen molar-refractivity contribution in [2.75, 3.05) is 12.3 Å². The summed E-state index contributed by atoms with van der Waals surface area (Å²) in [5.41, 5.74) is 6.13. The Bertz CT molecular complexity index is 525. The fourth-order valence-electron chi connectivity index (χ4n) is 2.21. The van der Waals surface area contributed by atoms with Crippen LogP contribution in [0.3, 0.4) is 0 Å². The second kappa shape index (κ2) is 5.59. The third kappa shape index (κ3) is 3.24. The van der Waals surface area contributed by atoms with Crippen LogP contribution < -0.4 is 10.5 Å². The van der Waals surface area contributed by atoms with Gasteiger partial charge in [-0.2, -0.15) is 0 Å². The Balaban J connectivity index is 2.07. The molecule has 4 nitrogen and oxygen atoms in total. The largest absolute Gasteiger partial charge is 0.398 e. The molecule has 1 aliphatic rings. The van der Waals surface area contributed by atoms with Gasteiger partial charge in [0.2, 0.25) is 10.0 Å². The van der Waals surface area contributed by atoms with E-state index in [0.29, 0.717) is 22.6 Å². The number of anilines is 1. The molecule has 3 N–H and O–H groups in total. The van der Waals surface area contributed by atoms with Crippen LogP contribution in [0.4, 0.5) is 5.69 Å². The minimum Gasteiger partial charge on any atom is -0.398 e. The normalized spacial score (nSPS) is 17.2. The third-order valence-corrected chi connectivity index (χ3v) is 5.46. The Morgan fingerprint density at radius 1 is 1.33 bits per heavy atom. The van der Waals surface area contributed by atoms with Crippen LogP contribution in [0, 0.1) is 5.92 Å². The first-order valence-electron chi connectivity index (χ1n) is 6.04. The molecule has 0 aliphatic heterocycles. The lowest BCUT2D eigenvalue weighted by Gasteiger charge is -2.11. The van der Waals surface area contributed by atoms with Gasteiger partial charge in [0, 0.05) is 16.7 Å². The van der Waals surface area contributed by atoms with Crippen molar-refractivity contribution in [3.8, 4) is 0 Å². The highest BCUT2D eigenvalue weighted by atomic mass is 79.9. The standard InChI is InChI=1S/C12H17BrN2O2S/c13-11-6-5-10(7-12(11)14)18(16,17)15-8-9-3-1-2-4-9/h5-7,9,15H,1-4,8,14H2. The fourth-order valence-corrected chi connectivity index (χ4v) is 3.61. The minimum atomic E-state index is -3.44. The molecule has 0 saturated heterocycles. The van der Waals surface area contributed by atoms with E-state index in [1.807, 2.05) is 0 Å². The molecule has 0 unspecified atom stereocenters. The maximum atomic E-state index is 12.1. The van der Waals surface area contributed by atoms with Gasteiger partial charge in [0.15, 0.2) is 0 Å². The van der Waals surface area contributed by atoms with E-state index >= 15 is 0 Å². The average molecular weight is 333 g/mol. The number of hydrogen-bond acceptors (Lipinski definition) is 3. The SMILES string of the molecule is Nc1cc(S(=O)(=O)NCC2CCCC2)ccc1Br. The number of hydrogen-bond donors (Lipinski definition) is 2. The summed E-state index contributed by atoms with van der Waals surface area (Å²) < 4.78 is 27.5. The van der Waals surface area contributed by atoms with E-state index in [4.69, 9.17) is 5.73 Å². The van der Waals surface area contributed by atoms with E-state index in [2.05, 4.69) is 20.7 Å². The summed E-state index contributed by atoms with van der Waals surface area (Å²) in [6.45, 7) is 0.526. The zero-order valence-corrected chi connectivity index (χ0v) is 12.4. The summed E-state index contributed by atoms with van der Waals surface area (Å²) >= 11 is 3.25. The molecule has 1 aromatic carbocycles. The summed E-state index contributed by atoms with van der Waals surface area (Å²) in [5, 5.41) is 0. The molecule has 0 atom stereocenters. The number of sulfonamides is 1. The molecule has 0 radical (unpaired) electrons. The summed E-state index contributed by atoms with van der Waals surface area (Å²) in [7, 11) is -3.44. The average Bonchev–Trinajstić information content (AvgIpc) is 2.83. The summed E-state index contributed by atoms with van der Waals surface area (Å²) in [5.74, 6) is 0.479. The van der Waals surface area contributed by atoms with Crippen LogP contribution in [-0.4, -0.2) is 15.0 Å². The molecule has 0 spiro atoms. The smallest absolute Gasteiger partial charge is 0.240 e. The summed E-state index contributed by atoms with van der Waals surface area (Å²) in [6.07, 6.45) is 4.64. The van der Waals surface area contributed by atoms with Crippen molar-refractivity contribution >= 4 is 31.6 Å². The summed E-state index contributed by atoms with van der Waals surface area (Å²) in [6, 6.07) is 4.68. The molecule has 1 saturated carbocycles. The van der Waals surface area contributed by atoms with E-state index in [1.165, 1.54) is 18.9 Å². The molecule has 1 aliphatic carbocycles. The molecule has 100 valence electrons. The number of nitrogens with two attached hydrogens (primary N) is 1. The van der Waals surface area contributed by atoms with Gasteiger partial charge in [-0.05, 0) is 52.9 Å². The maximum Gasteiger partial charge on any atom is 0.240 e. The second-order valence-electron chi connectivity index (χ2n) is 4.69. The van der Waals surface area contributed by atoms with Crippen LogP contribution in [-0.2, 0) is 10.0 Å². The Morgan fingerprint density at radius 2 is 2.00 bits per heavy atom. The highest BCUT2D eigenvalue weighted by Gasteiger charge is 2.20. The van der Waals surface area contributed by atoms with Crippen LogP contribution in [0.2, 0.25) is 0 Å². The quantitative estimate of drug-likeness (QED) is 0.832. The van der Waals surface area contributed by atoms with E-state index in [-0.39, 0.29) is 4.90 Å². The Hall–Kier alpha value is -0.590. The number of benzene rings is 1. The zero-order chi connectivity index (χ0) is 13.2. The van der Waals surface area contributed by atoms with Crippen molar-refractivity contribution in [3.05, 3.63) is 22.7 Å². The van der Waals surface area contributed by atoms with Crippen LogP contribution in [0.1, 0.15) is 25.7 Å². The lowest BCUT2D eigenvalue weighted by molar-refractivity contribution is 0.519. The first-order chi connectivity index (χ1) is 8.49. The Kier molecular flexibility index (Phi) is 4.29. The predicted octanol–water partition coefficient (Wildman–Crippen LogP) is 2.50. The first-order valence-corrected chi connectivity index (χ1v) is 8.31. The Labute approximate surface area is 116 Å². The van der Waals surface area contributed by atoms with Gasteiger partial charge in [-0.3, -0.25) is 0 Å². The van der Waals surface area contributed by atoms with Gasteiger partial charge >= 0.3 is 0 Å². The van der Waals surface area contributed by atoms with Crippen molar-refractivity contribution < 1.29 is 8.42 Å². The van der Waals surface area contributed by atoms with Crippen molar-refractivity contribution in [3.63, 3.8) is 0 Å². The molecule has 0 bridgehead atoms. The fraction of sp³-hybridized carbons (Fsp3) is 0.500. The van der Waals surface area contributed by atoms with Gasteiger partial charge in [-0.25, -0.2) is 13.1 Å². The lowest BCUT2D eigenvalue weighted by atomic mass is 10.1. The second-order valence-corrected chi connectivity index (χ2v) is 7.31. The number of nitrogen functional groups attached to an aromatic ring is 1. The van der Waals surface area contributed by atoms with Gasteiger partial charge < -0.3 is 5.73 Å². The predicted molar refractivity (Wildman–Crippen MR) is 75.7 cm³/mol. The number of rotatable bonds is 4. The molecular formula is C12H17BrN2O2S. The van der Waals surface area contributed by atoms with Crippen LogP contribution in [0.25, 0.3) is 0 Å². The molecule has 18 heavy (non-hydrogen) atoms. The molecule has 2 rings (SSSR count). The van der Waals surface area contributed by atoms with E-state index in [0.717, 1.165) is 12.8 Å². The molecule has 1 aromatic rings. The molecule has 0 heterocycles. The van der Waals surface area contributed by atoms with Gasteiger partial charge in [-0.15, -0.1) is 0 Å². The molecule has 1 fully saturated rings. The molecular weight excluding hydrogens is 316 g/mol. The van der Waals surface area contributed by atoms with Crippen LogP contribution in [0.15, 0.2) is 27.6 Å². The molecule has 0 aromatic heterocycles. The van der Waals surface area contributed by atoms with Crippen molar-refractivity contribution in [1.82, 2.24) is 4.72 Å². The van der Waals surface area contributed by atoms with Crippen molar-refractivity contribution in [1.29, 1.82) is 0 Å². The van der Waals surface area contributed by atoms with Gasteiger partial charge in [0.05, 0.1) is 4.90 Å².